The van der Waals surface area contributed by atoms with Gasteiger partial charge in [0.2, 0.25) is 0 Å². The van der Waals surface area contributed by atoms with E-state index < -0.39 is 19.7 Å². The largest absolute Gasteiger partial charge is 0.377 e. The SMILES string of the molecule is C[Si](C)(C)c1ccc(CNc2c(F)cc(F)cc2Cl)cc1. The van der Waals surface area contributed by atoms with Crippen LogP contribution in [0.15, 0.2) is 36.4 Å². The fraction of sp³-hybridized carbons (Fsp3) is 0.250. The van der Waals surface area contributed by atoms with Crippen LogP contribution in [0.5, 0.6) is 0 Å². The van der Waals surface area contributed by atoms with E-state index in [2.05, 4.69) is 37.1 Å². The topological polar surface area (TPSA) is 12.0 Å². The summed E-state index contributed by atoms with van der Waals surface area (Å²) in [6, 6.07) is 10.2. The van der Waals surface area contributed by atoms with Gasteiger partial charge < -0.3 is 5.32 Å². The Morgan fingerprint density at radius 1 is 1.05 bits per heavy atom. The molecule has 1 N–H and O–H groups in total. The van der Waals surface area contributed by atoms with Crippen LogP contribution in [0.2, 0.25) is 24.7 Å². The molecule has 0 fully saturated rings. The molecule has 0 aromatic heterocycles. The normalized spacial score (nSPS) is 11.5. The van der Waals surface area contributed by atoms with E-state index in [-0.39, 0.29) is 10.7 Å². The number of hydrogen-bond donors (Lipinski definition) is 1. The van der Waals surface area contributed by atoms with Crippen molar-refractivity contribution < 1.29 is 8.78 Å². The quantitative estimate of drug-likeness (QED) is 0.798. The zero-order chi connectivity index (χ0) is 15.6. The van der Waals surface area contributed by atoms with E-state index >= 15 is 0 Å². The monoisotopic (exact) mass is 325 g/mol. The Morgan fingerprint density at radius 2 is 1.67 bits per heavy atom. The second-order valence-corrected chi connectivity index (χ2v) is 11.5. The third kappa shape index (κ3) is 4.05. The lowest BCUT2D eigenvalue weighted by molar-refractivity contribution is 0.585. The number of benzene rings is 2. The first-order valence-corrected chi connectivity index (χ1v) is 10.6. The molecule has 0 bridgehead atoms. The third-order valence-corrected chi connectivity index (χ3v) is 5.66. The van der Waals surface area contributed by atoms with E-state index in [1.807, 2.05) is 12.1 Å². The minimum atomic E-state index is -1.31. The maximum absolute atomic E-state index is 13.7. The molecule has 0 unspecified atom stereocenters. The average Bonchev–Trinajstić information content (AvgIpc) is 2.37. The molecular weight excluding hydrogens is 308 g/mol. The summed E-state index contributed by atoms with van der Waals surface area (Å²) in [5, 5.41) is 4.34. The molecule has 1 nitrogen and oxygen atoms in total. The molecule has 0 amide bonds. The smallest absolute Gasteiger partial charge is 0.150 e. The second-order valence-electron chi connectivity index (χ2n) is 6.04. The molecule has 0 aliphatic carbocycles. The van der Waals surface area contributed by atoms with Crippen LogP contribution in [0.25, 0.3) is 0 Å². The summed E-state index contributed by atoms with van der Waals surface area (Å²) in [5.74, 6) is -1.36. The van der Waals surface area contributed by atoms with E-state index in [0.29, 0.717) is 6.54 Å². The molecule has 2 aromatic rings. The maximum atomic E-state index is 13.7. The Morgan fingerprint density at radius 3 is 2.19 bits per heavy atom. The van der Waals surface area contributed by atoms with Crippen molar-refractivity contribution in [2.24, 2.45) is 0 Å². The Labute approximate surface area is 130 Å². The lowest BCUT2D eigenvalue weighted by Crippen LogP contribution is -2.37. The summed E-state index contributed by atoms with van der Waals surface area (Å²) >= 11 is 5.85. The van der Waals surface area contributed by atoms with Crippen LogP contribution >= 0.6 is 11.6 Å². The lowest BCUT2D eigenvalue weighted by atomic mass is 10.2. The molecule has 0 atom stereocenters. The van der Waals surface area contributed by atoms with Gasteiger partial charge in [-0.15, -0.1) is 0 Å². The first kappa shape index (κ1) is 16.0. The van der Waals surface area contributed by atoms with Crippen LogP contribution in [-0.2, 0) is 6.54 Å². The Balaban J connectivity index is 2.10. The van der Waals surface area contributed by atoms with Gasteiger partial charge in [-0.2, -0.15) is 0 Å². The van der Waals surface area contributed by atoms with Crippen LogP contribution in [0, 0.1) is 11.6 Å². The highest BCUT2D eigenvalue weighted by molar-refractivity contribution is 6.88. The van der Waals surface area contributed by atoms with E-state index in [1.54, 1.807) is 0 Å². The molecular formula is C16H18ClF2NSi. The number of rotatable bonds is 4. The molecule has 0 saturated heterocycles. The van der Waals surface area contributed by atoms with Crippen molar-refractivity contribution in [2.75, 3.05) is 5.32 Å². The molecule has 21 heavy (non-hydrogen) atoms. The fourth-order valence-corrected chi connectivity index (χ4v) is 3.45. The average molecular weight is 326 g/mol. The van der Waals surface area contributed by atoms with Gasteiger partial charge in [0.1, 0.15) is 5.82 Å². The van der Waals surface area contributed by atoms with Crippen LogP contribution < -0.4 is 10.5 Å². The van der Waals surface area contributed by atoms with Crippen molar-refractivity contribution in [1.82, 2.24) is 0 Å². The zero-order valence-electron chi connectivity index (χ0n) is 12.3. The Kier molecular flexibility index (Phi) is 4.69. The van der Waals surface area contributed by atoms with Crippen molar-refractivity contribution in [3.8, 4) is 0 Å². The predicted octanol–water partition coefficient (Wildman–Crippen LogP) is 4.78. The standard InChI is InChI=1S/C16H18ClF2NSi/c1-21(2,3)13-6-4-11(5-7-13)10-20-16-14(17)8-12(18)9-15(16)19/h4-9,20H,10H2,1-3H3. The third-order valence-electron chi connectivity index (χ3n) is 3.30. The summed E-state index contributed by atoms with van der Waals surface area (Å²) in [6.07, 6.45) is 0. The van der Waals surface area contributed by atoms with Gasteiger partial charge in [0.05, 0.1) is 18.8 Å². The fourth-order valence-electron chi connectivity index (χ4n) is 2.02. The first-order valence-electron chi connectivity index (χ1n) is 6.75. The summed E-state index contributed by atoms with van der Waals surface area (Å²) in [5.41, 5.74) is 1.16. The van der Waals surface area contributed by atoms with Gasteiger partial charge in [-0.1, -0.05) is 60.7 Å². The van der Waals surface area contributed by atoms with Crippen molar-refractivity contribution in [3.63, 3.8) is 0 Å². The van der Waals surface area contributed by atoms with Crippen molar-refractivity contribution in [2.45, 2.75) is 26.2 Å². The summed E-state index contributed by atoms with van der Waals surface area (Å²) < 4.78 is 26.6. The van der Waals surface area contributed by atoms with Crippen LogP contribution in [0.1, 0.15) is 5.56 Å². The number of nitrogens with one attached hydrogen (secondary N) is 1. The van der Waals surface area contributed by atoms with Gasteiger partial charge in [0.25, 0.3) is 0 Å². The van der Waals surface area contributed by atoms with Gasteiger partial charge >= 0.3 is 0 Å². The van der Waals surface area contributed by atoms with Crippen molar-refractivity contribution in [1.29, 1.82) is 0 Å². The Hall–Kier alpha value is -1.39. The summed E-state index contributed by atoms with van der Waals surface area (Å²) in [7, 11) is -1.31. The number of halogens is 3. The zero-order valence-corrected chi connectivity index (χ0v) is 14.1. The molecule has 0 aliphatic rings. The van der Waals surface area contributed by atoms with Gasteiger partial charge in [0.15, 0.2) is 5.82 Å². The summed E-state index contributed by atoms with van der Waals surface area (Å²) in [6.45, 7) is 7.30. The molecule has 2 aromatic carbocycles. The van der Waals surface area contributed by atoms with E-state index in [1.165, 1.54) is 5.19 Å². The van der Waals surface area contributed by atoms with E-state index in [4.69, 9.17) is 11.6 Å². The molecule has 112 valence electrons. The highest BCUT2D eigenvalue weighted by Crippen LogP contribution is 2.26. The second kappa shape index (κ2) is 6.16. The van der Waals surface area contributed by atoms with Gasteiger partial charge in [-0.3, -0.25) is 0 Å². The van der Waals surface area contributed by atoms with Gasteiger partial charge in [-0.25, -0.2) is 8.78 Å². The van der Waals surface area contributed by atoms with Crippen LogP contribution in [0.3, 0.4) is 0 Å². The van der Waals surface area contributed by atoms with Gasteiger partial charge in [-0.05, 0) is 11.6 Å². The molecule has 0 saturated carbocycles. The summed E-state index contributed by atoms with van der Waals surface area (Å²) in [4.78, 5) is 0. The van der Waals surface area contributed by atoms with Crippen LogP contribution in [-0.4, -0.2) is 8.07 Å². The van der Waals surface area contributed by atoms with E-state index in [0.717, 1.165) is 17.7 Å². The molecule has 5 heteroatoms. The lowest BCUT2D eigenvalue weighted by Gasteiger charge is -2.17. The minimum absolute atomic E-state index is 0.0474. The highest BCUT2D eigenvalue weighted by Gasteiger charge is 2.15. The van der Waals surface area contributed by atoms with E-state index in [9.17, 15) is 8.78 Å². The van der Waals surface area contributed by atoms with Crippen molar-refractivity contribution in [3.05, 3.63) is 58.6 Å². The number of hydrogen-bond acceptors (Lipinski definition) is 1. The predicted molar refractivity (Wildman–Crippen MR) is 88.1 cm³/mol. The van der Waals surface area contributed by atoms with Gasteiger partial charge in [0, 0.05) is 12.6 Å². The van der Waals surface area contributed by atoms with Crippen molar-refractivity contribution >= 4 is 30.5 Å². The molecule has 0 radical (unpaired) electrons. The molecule has 0 spiro atoms. The molecule has 2 rings (SSSR count). The minimum Gasteiger partial charge on any atom is -0.377 e. The Bertz CT molecular complexity index is 613. The highest BCUT2D eigenvalue weighted by atomic mass is 35.5. The number of anilines is 1. The molecule has 0 aliphatic heterocycles. The van der Waals surface area contributed by atoms with Crippen LogP contribution in [0.4, 0.5) is 14.5 Å². The maximum Gasteiger partial charge on any atom is 0.150 e. The molecule has 0 heterocycles. The first-order chi connectivity index (χ1) is 9.77.